The van der Waals surface area contributed by atoms with Gasteiger partial charge in [0, 0.05) is 12.5 Å². The van der Waals surface area contributed by atoms with Crippen LogP contribution in [0.5, 0.6) is 0 Å². The lowest BCUT2D eigenvalue weighted by Crippen LogP contribution is -2.34. The van der Waals surface area contributed by atoms with E-state index in [1.165, 1.54) is 24.8 Å². The Balaban J connectivity index is 1.69. The lowest BCUT2D eigenvalue weighted by molar-refractivity contribution is 0.371. The van der Waals surface area contributed by atoms with Crippen LogP contribution in [0, 0.1) is 6.92 Å². The van der Waals surface area contributed by atoms with Gasteiger partial charge in [0.25, 0.3) is 0 Å². The number of nitrogens with one attached hydrogen (secondary N) is 1. The summed E-state index contributed by atoms with van der Waals surface area (Å²) >= 11 is 0. The van der Waals surface area contributed by atoms with Gasteiger partial charge in [-0.2, -0.15) is 0 Å². The van der Waals surface area contributed by atoms with E-state index in [1.54, 1.807) is 0 Å². The van der Waals surface area contributed by atoms with Gasteiger partial charge >= 0.3 is 0 Å². The molecule has 1 saturated heterocycles. The zero-order valence-corrected chi connectivity index (χ0v) is 10.9. The molecule has 1 atom stereocenters. The number of piperidine rings is 1. The first-order valence-electron chi connectivity index (χ1n) is 6.91. The van der Waals surface area contributed by atoms with Gasteiger partial charge in [-0.25, -0.2) is 4.98 Å². The van der Waals surface area contributed by atoms with Crippen molar-refractivity contribution in [3.63, 3.8) is 0 Å². The van der Waals surface area contributed by atoms with Crippen molar-refractivity contribution in [2.75, 3.05) is 6.54 Å². The predicted octanol–water partition coefficient (Wildman–Crippen LogP) is 3.21. The molecule has 2 aromatic rings. The third-order valence-electron chi connectivity index (χ3n) is 3.78. The molecule has 1 aliphatic heterocycles. The van der Waals surface area contributed by atoms with Crippen LogP contribution in [0.3, 0.4) is 0 Å². The minimum absolute atomic E-state index is 0.648. The van der Waals surface area contributed by atoms with Gasteiger partial charge in [0.2, 0.25) is 0 Å². The average Bonchev–Trinajstić information content (AvgIpc) is 2.82. The summed E-state index contributed by atoms with van der Waals surface area (Å²) in [5.41, 5.74) is 3.10. The Kier molecular flexibility index (Phi) is 3.33. The van der Waals surface area contributed by atoms with Crippen LogP contribution in [0.25, 0.3) is 11.1 Å². The van der Waals surface area contributed by atoms with E-state index in [0.717, 1.165) is 36.4 Å². The molecule has 18 heavy (non-hydrogen) atoms. The van der Waals surface area contributed by atoms with E-state index in [4.69, 9.17) is 4.42 Å². The van der Waals surface area contributed by atoms with E-state index < -0.39 is 0 Å². The normalized spacial score (nSPS) is 20.4. The molecular weight excluding hydrogens is 224 g/mol. The number of rotatable bonds is 3. The summed E-state index contributed by atoms with van der Waals surface area (Å²) in [4.78, 5) is 4.56. The van der Waals surface area contributed by atoms with Crippen LogP contribution >= 0.6 is 0 Å². The Hall–Kier alpha value is -1.35. The quantitative estimate of drug-likeness (QED) is 0.901. The Labute approximate surface area is 108 Å². The number of para-hydroxylation sites is 1. The van der Waals surface area contributed by atoms with Gasteiger partial charge in [-0.15, -0.1) is 0 Å². The highest BCUT2D eigenvalue weighted by molar-refractivity contribution is 5.75. The number of aryl methyl sites for hydroxylation is 2. The summed E-state index contributed by atoms with van der Waals surface area (Å²) in [6.07, 6.45) is 6.03. The van der Waals surface area contributed by atoms with Crippen molar-refractivity contribution in [1.29, 1.82) is 0 Å². The van der Waals surface area contributed by atoms with E-state index in [2.05, 4.69) is 23.3 Å². The van der Waals surface area contributed by atoms with Gasteiger partial charge in [0.15, 0.2) is 11.5 Å². The maximum absolute atomic E-state index is 5.85. The molecule has 2 heterocycles. The van der Waals surface area contributed by atoms with Crippen LogP contribution in [0.15, 0.2) is 22.6 Å². The monoisotopic (exact) mass is 244 g/mol. The molecule has 1 aliphatic rings. The standard InChI is InChI=1S/C15H20N2O/c1-11-5-4-7-13-15(11)18-14(17-13)9-8-12-6-2-3-10-16-12/h4-5,7,12,16H,2-3,6,8-10H2,1H3. The van der Waals surface area contributed by atoms with Crippen molar-refractivity contribution in [2.45, 2.75) is 45.1 Å². The second-order valence-corrected chi connectivity index (χ2v) is 5.22. The van der Waals surface area contributed by atoms with E-state index in [9.17, 15) is 0 Å². The van der Waals surface area contributed by atoms with Crippen LogP contribution in [0.1, 0.15) is 37.1 Å². The molecule has 0 spiro atoms. The fourth-order valence-corrected chi connectivity index (χ4v) is 2.71. The van der Waals surface area contributed by atoms with Crippen molar-refractivity contribution < 1.29 is 4.42 Å². The van der Waals surface area contributed by atoms with Gasteiger partial charge in [-0.3, -0.25) is 0 Å². The first kappa shape index (κ1) is 11.7. The molecule has 0 amide bonds. The number of hydrogen-bond donors (Lipinski definition) is 1. The Bertz CT molecular complexity index is 526. The van der Waals surface area contributed by atoms with Crippen molar-refractivity contribution >= 4 is 11.1 Å². The lowest BCUT2D eigenvalue weighted by Gasteiger charge is -2.22. The molecule has 0 saturated carbocycles. The molecule has 1 aromatic carbocycles. The number of nitrogens with zero attached hydrogens (tertiary/aromatic N) is 1. The molecule has 1 fully saturated rings. The van der Waals surface area contributed by atoms with Crippen molar-refractivity contribution in [1.82, 2.24) is 10.3 Å². The molecule has 1 N–H and O–H groups in total. The average molecular weight is 244 g/mol. The lowest BCUT2D eigenvalue weighted by atomic mass is 10.0. The van der Waals surface area contributed by atoms with Crippen LogP contribution in [-0.2, 0) is 6.42 Å². The highest BCUT2D eigenvalue weighted by Crippen LogP contribution is 2.21. The van der Waals surface area contributed by atoms with Crippen LogP contribution in [0.4, 0.5) is 0 Å². The SMILES string of the molecule is Cc1cccc2nc(CCC3CCCCN3)oc12. The Morgan fingerprint density at radius 2 is 2.33 bits per heavy atom. The fourth-order valence-electron chi connectivity index (χ4n) is 2.71. The van der Waals surface area contributed by atoms with Gasteiger partial charge in [-0.05, 0) is 44.4 Å². The second-order valence-electron chi connectivity index (χ2n) is 5.22. The Morgan fingerprint density at radius 3 is 3.11 bits per heavy atom. The molecule has 0 aliphatic carbocycles. The summed E-state index contributed by atoms with van der Waals surface area (Å²) in [5, 5.41) is 3.57. The Morgan fingerprint density at radius 1 is 1.39 bits per heavy atom. The number of hydrogen-bond acceptors (Lipinski definition) is 3. The van der Waals surface area contributed by atoms with Gasteiger partial charge in [-0.1, -0.05) is 18.6 Å². The summed E-state index contributed by atoms with van der Waals surface area (Å²) in [6.45, 7) is 3.23. The second kappa shape index (κ2) is 5.11. The zero-order valence-electron chi connectivity index (χ0n) is 10.9. The van der Waals surface area contributed by atoms with Crippen molar-refractivity contribution in [3.05, 3.63) is 29.7 Å². The van der Waals surface area contributed by atoms with Gasteiger partial charge < -0.3 is 9.73 Å². The number of aromatic nitrogens is 1. The molecule has 1 unspecified atom stereocenters. The predicted molar refractivity (Wildman–Crippen MR) is 72.7 cm³/mol. The van der Waals surface area contributed by atoms with Gasteiger partial charge in [0.1, 0.15) is 5.52 Å². The molecule has 3 nitrogen and oxygen atoms in total. The topological polar surface area (TPSA) is 38.1 Å². The van der Waals surface area contributed by atoms with Crippen LogP contribution in [0.2, 0.25) is 0 Å². The van der Waals surface area contributed by atoms with E-state index in [0.29, 0.717) is 6.04 Å². The van der Waals surface area contributed by atoms with Gasteiger partial charge in [0.05, 0.1) is 0 Å². The highest BCUT2D eigenvalue weighted by atomic mass is 16.3. The molecule has 0 radical (unpaired) electrons. The highest BCUT2D eigenvalue weighted by Gasteiger charge is 2.14. The first-order chi connectivity index (χ1) is 8.83. The number of oxazole rings is 1. The summed E-state index contributed by atoms with van der Waals surface area (Å²) in [5.74, 6) is 0.881. The zero-order chi connectivity index (χ0) is 12.4. The van der Waals surface area contributed by atoms with E-state index in [1.807, 2.05) is 12.1 Å². The van der Waals surface area contributed by atoms with E-state index in [-0.39, 0.29) is 0 Å². The minimum atomic E-state index is 0.648. The van der Waals surface area contributed by atoms with E-state index >= 15 is 0 Å². The molecule has 1 aromatic heterocycles. The largest absolute Gasteiger partial charge is 0.440 e. The number of benzene rings is 1. The smallest absolute Gasteiger partial charge is 0.195 e. The fraction of sp³-hybridized carbons (Fsp3) is 0.533. The molecule has 3 heteroatoms. The third kappa shape index (κ3) is 2.41. The molecular formula is C15H20N2O. The summed E-state index contributed by atoms with van der Waals surface area (Å²) < 4.78 is 5.85. The number of fused-ring (bicyclic) bond motifs is 1. The van der Waals surface area contributed by atoms with Crippen molar-refractivity contribution in [3.8, 4) is 0 Å². The minimum Gasteiger partial charge on any atom is -0.440 e. The summed E-state index contributed by atoms with van der Waals surface area (Å²) in [6, 6.07) is 6.77. The molecule has 96 valence electrons. The van der Waals surface area contributed by atoms with Crippen LogP contribution < -0.4 is 5.32 Å². The van der Waals surface area contributed by atoms with Crippen LogP contribution in [-0.4, -0.2) is 17.6 Å². The maximum Gasteiger partial charge on any atom is 0.195 e. The molecule has 0 bridgehead atoms. The summed E-state index contributed by atoms with van der Waals surface area (Å²) in [7, 11) is 0. The molecule has 3 rings (SSSR count). The maximum atomic E-state index is 5.85. The van der Waals surface area contributed by atoms with Crippen molar-refractivity contribution in [2.24, 2.45) is 0 Å². The first-order valence-corrected chi connectivity index (χ1v) is 6.91. The third-order valence-corrected chi connectivity index (χ3v) is 3.78.